The van der Waals surface area contributed by atoms with Crippen molar-refractivity contribution >= 4 is 27.7 Å². The Morgan fingerprint density at radius 2 is 1.88 bits per heavy atom. The van der Waals surface area contributed by atoms with E-state index in [0.29, 0.717) is 25.1 Å². The molecule has 1 N–H and O–H groups in total. The molecule has 1 aromatic heterocycles. The zero-order valence-corrected chi connectivity index (χ0v) is 16.1. The van der Waals surface area contributed by atoms with Crippen LogP contribution in [0.1, 0.15) is 35.2 Å². The van der Waals surface area contributed by atoms with Crippen LogP contribution in [0.3, 0.4) is 0 Å². The Labute approximate surface area is 161 Å². The van der Waals surface area contributed by atoms with Crippen LogP contribution in [0.5, 0.6) is 0 Å². The molecular formula is C20H22BrN3O2. The third-order valence-corrected chi connectivity index (χ3v) is 5.18. The van der Waals surface area contributed by atoms with Gasteiger partial charge in [0.05, 0.1) is 5.56 Å². The number of hydrogen-bond acceptors (Lipinski definition) is 3. The van der Waals surface area contributed by atoms with E-state index in [-0.39, 0.29) is 17.9 Å². The lowest BCUT2D eigenvalue weighted by Crippen LogP contribution is -2.46. The van der Waals surface area contributed by atoms with Crippen LogP contribution in [-0.4, -0.2) is 40.8 Å². The lowest BCUT2D eigenvalue weighted by Gasteiger charge is -2.32. The van der Waals surface area contributed by atoms with Crippen molar-refractivity contribution in [1.29, 1.82) is 0 Å². The Morgan fingerprint density at radius 1 is 1.15 bits per heavy atom. The average molecular weight is 416 g/mol. The van der Waals surface area contributed by atoms with Crippen molar-refractivity contribution in [2.24, 2.45) is 0 Å². The summed E-state index contributed by atoms with van der Waals surface area (Å²) in [6.07, 6.45) is 6.06. The van der Waals surface area contributed by atoms with Gasteiger partial charge >= 0.3 is 0 Å². The molecule has 0 saturated carbocycles. The molecule has 1 aliphatic heterocycles. The molecule has 0 atom stereocenters. The summed E-state index contributed by atoms with van der Waals surface area (Å²) in [5, 5.41) is 3.04. The second-order valence-electron chi connectivity index (χ2n) is 6.50. The Bertz CT molecular complexity index is 741. The van der Waals surface area contributed by atoms with Gasteiger partial charge in [-0.25, -0.2) is 0 Å². The SMILES string of the molecule is O=C(NC1CCN(C(=O)CCc2ccc(Br)cc2)CC1)c1cccnc1. The summed E-state index contributed by atoms with van der Waals surface area (Å²) in [6.45, 7) is 1.38. The van der Waals surface area contributed by atoms with Crippen LogP contribution in [0.2, 0.25) is 0 Å². The number of hydrogen-bond donors (Lipinski definition) is 1. The molecule has 1 saturated heterocycles. The van der Waals surface area contributed by atoms with Gasteiger partial charge in [-0.1, -0.05) is 28.1 Å². The minimum atomic E-state index is -0.0990. The van der Waals surface area contributed by atoms with Gasteiger partial charge in [-0.2, -0.15) is 0 Å². The number of nitrogens with zero attached hydrogens (tertiary/aromatic N) is 2. The highest BCUT2D eigenvalue weighted by molar-refractivity contribution is 9.10. The monoisotopic (exact) mass is 415 g/mol. The van der Waals surface area contributed by atoms with Gasteiger partial charge in [-0.15, -0.1) is 0 Å². The quantitative estimate of drug-likeness (QED) is 0.815. The summed E-state index contributed by atoms with van der Waals surface area (Å²) >= 11 is 3.42. The van der Waals surface area contributed by atoms with Crippen LogP contribution in [0.4, 0.5) is 0 Å². The van der Waals surface area contributed by atoms with Gasteiger partial charge < -0.3 is 10.2 Å². The maximum atomic E-state index is 12.4. The summed E-state index contributed by atoms with van der Waals surface area (Å²) in [4.78, 5) is 30.5. The van der Waals surface area contributed by atoms with Gasteiger partial charge in [0, 0.05) is 42.4 Å². The topological polar surface area (TPSA) is 62.3 Å². The van der Waals surface area contributed by atoms with E-state index in [1.54, 1.807) is 24.5 Å². The minimum Gasteiger partial charge on any atom is -0.349 e. The highest BCUT2D eigenvalue weighted by Crippen LogP contribution is 2.15. The molecule has 3 rings (SSSR count). The van der Waals surface area contributed by atoms with E-state index < -0.39 is 0 Å². The molecule has 6 heteroatoms. The Morgan fingerprint density at radius 3 is 2.54 bits per heavy atom. The molecule has 1 fully saturated rings. The summed E-state index contributed by atoms with van der Waals surface area (Å²) < 4.78 is 1.04. The molecule has 26 heavy (non-hydrogen) atoms. The van der Waals surface area contributed by atoms with E-state index in [2.05, 4.69) is 26.2 Å². The average Bonchev–Trinajstić information content (AvgIpc) is 2.68. The fourth-order valence-electron chi connectivity index (χ4n) is 3.10. The van der Waals surface area contributed by atoms with Crippen LogP contribution < -0.4 is 5.32 Å². The number of carbonyl (C=O) groups is 2. The summed E-state index contributed by atoms with van der Waals surface area (Å²) in [5.41, 5.74) is 1.74. The normalized spacial score (nSPS) is 14.9. The number of nitrogens with one attached hydrogen (secondary N) is 1. The van der Waals surface area contributed by atoms with Gasteiger partial charge in [0.15, 0.2) is 0 Å². The Balaban J connectivity index is 1.42. The van der Waals surface area contributed by atoms with Crippen molar-refractivity contribution < 1.29 is 9.59 Å². The first-order valence-corrected chi connectivity index (χ1v) is 9.64. The number of aryl methyl sites for hydroxylation is 1. The molecule has 2 amide bonds. The van der Waals surface area contributed by atoms with Crippen LogP contribution in [0.15, 0.2) is 53.3 Å². The molecular weight excluding hydrogens is 394 g/mol. The molecule has 136 valence electrons. The summed E-state index contributed by atoms with van der Waals surface area (Å²) in [5.74, 6) is 0.0862. The van der Waals surface area contributed by atoms with Gasteiger partial charge in [-0.3, -0.25) is 14.6 Å². The second kappa shape index (κ2) is 8.94. The second-order valence-corrected chi connectivity index (χ2v) is 7.41. The van der Waals surface area contributed by atoms with Gasteiger partial charge in [0.25, 0.3) is 5.91 Å². The van der Waals surface area contributed by atoms with Crippen LogP contribution in [0, 0.1) is 0 Å². The fourth-order valence-corrected chi connectivity index (χ4v) is 3.36. The third-order valence-electron chi connectivity index (χ3n) is 4.65. The first-order valence-electron chi connectivity index (χ1n) is 8.85. The predicted octanol–water partition coefficient (Wildman–Crippen LogP) is 3.20. The molecule has 1 aliphatic rings. The molecule has 0 unspecified atom stereocenters. The number of piperidine rings is 1. The lowest BCUT2D eigenvalue weighted by molar-refractivity contribution is -0.132. The van der Waals surface area contributed by atoms with Crippen LogP contribution in [-0.2, 0) is 11.2 Å². The highest BCUT2D eigenvalue weighted by Gasteiger charge is 2.23. The number of carbonyl (C=O) groups excluding carboxylic acids is 2. The van der Waals surface area contributed by atoms with Crippen molar-refractivity contribution in [2.45, 2.75) is 31.7 Å². The number of likely N-dealkylation sites (tertiary alicyclic amines) is 1. The maximum absolute atomic E-state index is 12.4. The molecule has 0 aliphatic carbocycles. The standard InChI is InChI=1S/C20H22BrN3O2/c21-17-6-3-15(4-7-17)5-8-19(25)24-12-9-18(10-13-24)23-20(26)16-2-1-11-22-14-16/h1-4,6-7,11,14,18H,5,8-10,12-13H2,(H,23,26). The number of benzene rings is 1. The molecule has 5 nitrogen and oxygen atoms in total. The maximum Gasteiger partial charge on any atom is 0.253 e. The molecule has 2 aromatic rings. The molecule has 0 spiro atoms. The molecule has 2 heterocycles. The Kier molecular flexibility index (Phi) is 6.39. The van der Waals surface area contributed by atoms with E-state index in [1.165, 1.54) is 5.56 Å². The van der Waals surface area contributed by atoms with Crippen LogP contribution in [0.25, 0.3) is 0 Å². The first kappa shape index (κ1) is 18.6. The highest BCUT2D eigenvalue weighted by atomic mass is 79.9. The van der Waals surface area contributed by atoms with E-state index in [1.807, 2.05) is 29.2 Å². The number of rotatable bonds is 5. The molecule has 1 aromatic carbocycles. The molecule has 0 radical (unpaired) electrons. The minimum absolute atomic E-state index is 0.0990. The van der Waals surface area contributed by atoms with E-state index >= 15 is 0 Å². The van der Waals surface area contributed by atoms with Crippen molar-refractivity contribution in [1.82, 2.24) is 15.2 Å². The summed E-state index contributed by atoms with van der Waals surface area (Å²) in [6, 6.07) is 11.7. The number of pyridine rings is 1. The number of halogens is 1. The predicted molar refractivity (Wildman–Crippen MR) is 104 cm³/mol. The van der Waals surface area contributed by atoms with Gasteiger partial charge in [-0.05, 0) is 49.1 Å². The summed E-state index contributed by atoms with van der Waals surface area (Å²) in [7, 11) is 0. The molecule has 0 bridgehead atoms. The van der Waals surface area contributed by atoms with E-state index in [4.69, 9.17) is 0 Å². The Hall–Kier alpha value is -2.21. The van der Waals surface area contributed by atoms with Crippen molar-refractivity contribution in [3.63, 3.8) is 0 Å². The fraction of sp³-hybridized carbons (Fsp3) is 0.350. The van der Waals surface area contributed by atoms with Crippen molar-refractivity contribution in [2.75, 3.05) is 13.1 Å². The van der Waals surface area contributed by atoms with Crippen LogP contribution >= 0.6 is 15.9 Å². The first-order chi connectivity index (χ1) is 12.6. The lowest BCUT2D eigenvalue weighted by atomic mass is 10.0. The third kappa shape index (κ3) is 5.14. The van der Waals surface area contributed by atoms with E-state index in [9.17, 15) is 9.59 Å². The van der Waals surface area contributed by atoms with Gasteiger partial charge in [0.2, 0.25) is 5.91 Å². The van der Waals surface area contributed by atoms with Crippen molar-refractivity contribution in [3.05, 3.63) is 64.4 Å². The van der Waals surface area contributed by atoms with Crippen molar-refractivity contribution in [3.8, 4) is 0 Å². The zero-order valence-electron chi connectivity index (χ0n) is 14.5. The number of aromatic nitrogens is 1. The zero-order chi connectivity index (χ0) is 18.4. The largest absolute Gasteiger partial charge is 0.349 e. The smallest absolute Gasteiger partial charge is 0.253 e. The number of amides is 2. The van der Waals surface area contributed by atoms with Gasteiger partial charge in [0.1, 0.15) is 0 Å². The van der Waals surface area contributed by atoms with E-state index in [0.717, 1.165) is 23.7 Å².